The second kappa shape index (κ2) is 5.27. The topological polar surface area (TPSA) is 37.3 Å². The molecule has 4 heteroatoms. The van der Waals surface area contributed by atoms with Crippen LogP contribution in [0.2, 0.25) is 5.02 Å². The lowest BCUT2D eigenvalue weighted by Gasteiger charge is -2.55. The van der Waals surface area contributed by atoms with Crippen molar-refractivity contribution in [2.24, 2.45) is 5.41 Å². The number of carbonyl (C=O) groups is 1. The highest BCUT2D eigenvalue weighted by Gasteiger charge is 2.59. The molecular formula is C16H19ClO2S. The molecule has 0 aromatic heterocycles. The number of carboxylic acids is 1. The second-order valence-electron chi connectivity index (χ2n) is 6.27. The van der Waals surface area contributed by atoms with Gasteiger partial charge in [-0.05, 0) is 49.3 Å². The van der Waals surface area contributed by atoms with Gasteiger partial charge in [0.25, 0.3) is 0 Å². The molecule has 2 fully saturated rings. The first-order chi connectivity index (χ1) is 9.54. The molecule has 0 atom stereocenters. The summed E-state index contributed by atoms with van der Waals surface area (Å²) in [6, 6.07) is 7.52. The molecule has 20 heavy (non-hydrogen) atoms. The average Bonchev–Trinajstić information content (AvgIpc) is 2.37. The van der Waals surface area contributed by atoms with E-state index in [1.54, 1.807) is 0 Å². The Morgan fingerprint density at radius 3 is 2.50 bits per heavy atom. The summed E-state index contributed by atoms with van der Waals surface area (Å²) in [6.07, 6.45) is 7.87. The molecule has 0 bridgehead atoms. The van der Waals surface area contributed by atoms with Crippen LogP contribution < -0.4 is 0 Å². The minimum Gasteiger partial charge on any atom is -0.480 e. The Labute approximate surface area is 128 Å². The van der Waals surface area contributed by atoms with E-state index in [4.69, 9.17) is 11.6 Å². The van der Waals surface area contributed by atoms with Crippen molar-refractivity contribution >= 4 is 29.3 Å². The molecule has 2 saturated carbocycles. The van der Waals surface area contributed by atoms with Crippen molar-refractivity contribution in [2.45, 2.75) is 54.6 Å². The van der Waals surface area contributed by atoms with Crippen molar-refractivity contribution in [3.05, 3.63) is 29.3 Å². The zero-order valence-corrected chi connectivity index (χ0v) is 13.0. The standard InChI is InChI=1S/C16H19ClO2S/c17-12-5-4-6-13(9-12)20-16(14(18)19)10-15(11-16)7-2-1-3-8-15/h4-6,9H,1-3,7-8,10-11H2,(H,18,19). The van der Waals surface area contributed by atoms with Gasteiger partial charge in [-0.15, -0.1) is 11.8 Å². The first kappa shape index (κ1) is 14.3. The molecule has 2 nitrogen and oxygen atoms in total. The van der Waals surface area contributed by atoms with Gasteiger partial charge in [0.2, 0.25) is 0 Å². The van der Waals surface area contributed by atoms with Gasteiger partial charge in [0.15, 0.2) is 0 Å². The third kappa shape index (κ3) is 2.58. The molecule has 1 spiro atoms. The van der Waals surface area contributed by atoms with Crippen LogP contribution in [0.15, 0.2) is 29.2 Å². The molecule has 108 valence electrons. The molecule has 1 N–H and O–H groups in total. The predicted molar refractivity (Wildman–Crippen MR) is 82.4 cm³/mol. The molecule has 0 aliphatic heterocycles. The van der Waals surface area contributed by atoms with Crippen LogP contribution in [0, 0.1) is 5.41 Å². The number of benzene rings is 1. The first-order valence-corrected chi connectivity index (χ1v) is 8.41. The van der Waals surface area contributed by atoms with Crippen LogP contribution >= 0.6 is 23.4 Å². The highest BCUT2D eigenvalue weighted by molar-refractivity contribution is 8.01. The lowest BCUT2D eigenvalue weighted by atomic mass is 9.55. The molecule has 2 aliphatic carbocycles. The summed E-state index contributed by atoms with van der Waals surface area (Å²) in [7, 11) is 0. The van der Waals surface area contributed by atoms with E-state index in [2.05, 4.69) is 0 Å². The summed E-state index contributed by atoms with van der Waals surface area (Å²) in [6.45, 7) is 0. The number of hydrogen-bond donors (Lipinski definition) is 1. The van der Waals surface area contributed by atoms with E-state index < -0.39 is 10.7 Å². The van der Waals surface area contributed by atoms with E-state index in [1.165, 1.54) is 43.9 Å². The summed E-state index contributed by atoms with van der Waals surface area (Å²) in [5.74, 6) is -0.668. The summed E-state index contributed by atoms with van der Waals surface area (Å²) < 4.78 is -0.637. The SMILES string of the molecule is O=C(O)C1(Sc2cccc(Cl)c2)CC2(CCCCC2)C1. The molecule has 0 amide bonds. The smallest absolute Gasteiger partial charge is 0.320 e. The van der Waals surface area contributed by atoms with Crippen molar-refractivity contribution in [1.29, 1.82) is 0 Å². The Hall–Kier alpha value is -0.670. The van der Waals surface area contributed by atoms with Gasteiger partial charge in [-0.3, -0.25) is 4.79 Å². The van der Waals surface area contributed by atoms with E-state index in [-0.39, 0.29) is 0 Å². The van der Waals surface area contributed by atoms with Gasteiger partial charge in [0, 0.05) is 9.92 Å². The van der Waals surface area contributed by atoms with Crippen molar-refractivity contribution < 1.29 is 9.90 Å². The number of halogens is 1. The van der Waals surface area contributed by atoms with Gasteiger partial charge in [-0.2, -0.15) is 0 Å². The number of hydrogen-bond acceptors (Lipinski definition) is 2. The van der Waals surface area contributed by atoms with Gasteiger partial charge in [-0.1, -0.05) is 36.9 Å². The molecule has 0 radical (unpaired) electrons. The van der Waals surface area contributed by atoms with Crippen LogP contribution in [0.5, 0.6) is 0 Å². The number of carboxylic acid groups (broad SMARTS) is 1. The molecule has 0 heterocycles. The van der Waals surface area contributed by atoms with Crippen molar-refractivity contribution in [2.75, 3.05) is 0 Å². The monoisotopic (exact) mass is 310 g/mol. The molecule has 2 aliphatic rings. The lowest BCUT2D eigenvalue weighted by Crippen LogP contribution is -2.55. The molecule has 0 unspecified atom stereocenters. The zero-order chi connectivity index (χ0) is 14.2. The molecule has 3 rings (SSSR count). The van der Waals surface area contributed by atoms with Crippen molar-refractivity contribution in [1.82, 2.24) is 0 Å². The largest absolute Gasteiger partial charge is 0.480 e. The van der Waals surface area contributed by atoms with E-state index in [0.717, 1.165) is 17.7 Å². The minimum atomic E-state index is -0.668. The number of thioether (sulfide) groups is 1. The molecule has 1 aromatic carbocycles. The van der Waals surface area contributed by atoms with Gasteiger partial charge in [0.05, 0.1) is 0 Å². The van der Waals surface area contributed by atoms with Gasteiger partial charge >= 0.3 is 5.97 Å². The van der Waals surface area contributed by atoms with Crippen LogP contribution in [0.3, 0.4) is 0 Å². The minimum absolute atomic E-state index is 0.308. The fourth-order valence-electron chi connectivity index (χ4n) is 3.84. The highest BCUT2D eigenvalue weighted by atomic mass is 35.5. The Balaban J connectivity index is 1.76. The van der Waals surface area contributed by atoms with Crippen LogP contribution in [0.1, 0.15) is 44.9 Å². The van der Waals surface area contributed by atoms with Crippen LogP contribution in [0.4, 0.5) is 0 Å². The lowest BCUT2D eigenvalue weighted by molar-refractivity contribution is -0.147. The molecule has 0 saturated heterocycles. The third-order valence-electron chi connectivity index (χ3n) is 4.73. The van der Waals surface area contributed by atoms with Crippen LogP contribution in [-0.2, 0) is 4.79 Å². The van der Waals surface area contributed by atoms with Crippen molar-refractivity contribution in [3.63, 3.8) is 0 Å². The Morgan fingerprint density at radius 1 is 1.20 bits per heavy atom. The number of aliphatic carboxylic acids is 1. The normalized spacial score (nSPS) is 23.2. The summed E-state index contributed by atoms with van der Waals surface area (Å²) >= 11 is 7.48. The highest BCUT2D eigenvalue weighted by Crippen LogP contribution is 2.63. The fraction of sp³-hybridized carbons (Fsp3) is 0.562. The van der Waals surface area contributed by atoms with Gasteiger partial charge < -0.3 is 5.11 Å². The predicted octanol–water partition coefficient (Wildman–Crippen LogP) is 5.00. The first-order valence-electron chi connectivity index (χ1n) is 7.22. The van der Waals surface area contributed by atoms with E-state index in [0.29, 0.717) is 10.4 Å². The van der Waals surface area contributed by atoms with Crippen molar-refractivity contribution in [3.8, 4) is 0 Å². The van der Waals surface area contributed by atoms with E-state index >= 15 is 0 Å². The average molecular weight is 311 g/mol. The summed E-state index contributed by atoms with van der Waals surface area (Å²) in [5.41, 5.74) is 0.308. The van der Waals surface area contributed by atoms with Gasteiger partial charge in [-0.25, -0.2) is 0 Å². The van der Waals surface area contributed by atoms with Gasteiger partial charge in [0.1, 0.15) is 4.75 Å². The summed E-state index contributed by atoms with van der Waals surface area (Å²) in [5, 5.41) is 10.3. The second-order valence-corrected chi connectivity index (χ2v) is 8.17. The quantitative estimate of drug-likeness (QED) is 0.853. The molecular weight excluding hydrogens is 292 g/mol. The molecule has 1 aromatic rings. The maximum absolute atomic E-state index is 11.8. The number of rotatable bonds is 3. The maximum Gasteiger partial charge on any atom is 0.320 e. The summed E-state index contributed by atoms with van der Waals surface area (Å²) in [4.78, 5) is 12.7. The van der Waals surface area contributed by atoms with E-state index in [1.807, 2.05) is 24.3 Å². The third-order valence-corrected chi connectivity index (χ3v) is 6.31. The Bertz CT molecular complexity index is 515. The Kier molecular flexibility index (Phi) is 3.76. The van der Waals surface area contributed by atoms with Crippen LogP contribution in [-0.4, -0.2) is 15.8 Å². The maximum atomic E-state index is 11.8. The van der Waals surface area contributed by atoms with Crippen LogP contribution in [0.25, 0.3) is 0 Å². The Morgan fingerprint density at radius 2 is 1.90 bits per heavy atom. The zero-order valence-electron chi connectivity index (χ0n) is 11.4. The van der Waals surface area contributed by atoms with E-state index in [9.17, 15) is 9.90 Å². The fourth-order valence-corrected chi connectivity index (χ4v) is 5.72.